The normalized spacial score (nSPS) is 25.8. The van der Waals surface area contributed by atoms with E-state index in [1.54, 1.807) is 12.3 Å². The second-order valence-corrected chi connectivity index (χ2v) is 11.4. The van der Waals surface area contributed by atoms with Crippen LogP contribution in [0.25, 0.3) is 10.8 Å². The minimum Gasteiger partial charge on any atom is -0.379 e. The van der Waals surface area contributed by atoms with Crippen molar-refractivity contribution in [2.45, 2.75) is 37.4 Å². The lowest BCUT2D eigenvalue weighted by Gasteiger charge is -2.44. The molecular weight excluding hydrogens is 533 g/mol. The van der Waals surface area contributed by atoms with Crippen LogP contribution < -0.4 is 10.2 Å². The van der Waals surface area contributed by atoms with Crippen molar-refractivity contribution in [3.63, 3.8) is 0 Å². The lowest BCUT2D eigenvalue weighted by molar-refractivity contribution is -0.144. The number of nitrogens with zero attached hydrogens (tertiary/aromatic N) is 5. The zero-order valence-electron chi connectivity index (χ0n) is 21.8. The van der Waals surface area contributed by atoms with Gasteiger partial charge in [-0.2, -0.15) is 18.3 Å². The van der Waals surface area contributed by atoms with Gasteiger partial charge in [-0.05, 0) is 49.3 Å². The first-order chi connectivity index (χ1) is 18.5. The van der Waals surface area contributed by atoms with Crippen LogP contribution >= 0.6 is 11.6 Å². The molecule has 39 heavy (non-hydrogen) atoms. The van der Waals surface area contributed by atoms with Crippen molar-refractivity contribution < 1.29 is 22.7 Å². The Morgan fingerprint density at radius 3 is 2.62 bits per heavy atom. The third-order valence-corrected chi connectivity index (χ3v) is 8.69. The molecule has 8 nitrogen and oxygen atoms in total. The lowest BCUT2D eigenvalue weighted by Crippen LogP contribution is -2.56. The number of fused-ring (bicyclic) bond motifs is 1. The largest absolute Gasteiger partial charge is 0.433 e. The number of carbonyl (C=O) groups is 1. The molecule has 4 heterocycles. The molecule has 2 aromatic heterocycles. The Morgan fingerprint density at radius 2 is 1.92 bits per heavy atom. The Kier molecular flexibility index (Phi) is 6.51. The number of amides is 1. The van der Waals surface area contributed by atoms with E-state index < -0.39 is 23.7 Å². The predicted octanol–water partition coefficient (Wildman–Crippen LogP) is 4.68. The number of rotatable bonds is 5. The topological polar surface area (TPSA) is 75.5 Å². The lowest BCUT2D eigenvalue weighted by atomic mass is 9.98. The highest BCUT2D eigenvalue weighted by atomic mass is 35.5. The number of halogens is 4. The van der Waals surface area contributed by atoms with Crippen molar-refractivity contribution in [1.82, 2.24) is 19.7 Å². The number of ether oxygens (including phenoxy) is 1. The monoisotopic (exact) mass is 562 g/mol. The number of pyridine rings is 1. The van der Waals surface area contributed by atoms with Crippen LogP contribution in [0.2, 0.25) is 5.02 Å². The summed E-state index contributed by atoms with van der Waals surface area (Å²) in [4.78, 5) is 22.0. The highest BCUT2D eigenvalue weighted by Gasteiger charge is 2.50. The first-order valence-corrected chi connectivity index (χ1v) is 13.5. The molecule has 208 valence electrons. The van der Waals surface area contributed by atoms with E-state index in [9.17, 15) is 18.0 Å². The summed E-state index contributed by atoms with van der Waals surface area (Å²) in [6, 6.07) is 5.67. The molecule has 1 aliphatic carbocycles. The molecule has 1 aromatic carbocycles. The molecule has 3 aliphatic rings. The number of aryl methyl sites for hydroxylation is 1. The van der Waals surface area contributed by atoms with E-state index in [1.807, 2.05) is 12.1 Å². The van der Waals surface area contributed by atoms with Gasteiger partial charge in [0.25, 0.3) is 0 Å². The standard InChI is InChI=1S/C27H30ClF3N6O2/c1-26(3-8-39-15-26)37-6-4-36(5-7-37)22-10-16-11-23(32-13-17(16)9-21(22)28)34-25(38)19-12-18(19)20-14-33-35(2)24(20)27(29,30)31/h9-11,13-14,18-19H,3-8,12,15H2,1-2H3,(H,32,34,38)/t18-,19-,26+/m1/s1. The smallest absolute Gasteiger partial charge is 0.379 e. The number of alkyl halides is 3. The second-order valence-electron chi connectivity index (χ2n) is 11.0. The summed E-state index contributed by atoms with van der Waals surface area (Å²) in [6.45, 7) is 7.35. The molecule has 2 aliphatic heterocycles. The molecule has 3 aromatic rings. The molecule has 0 bridgehead atoms. The fourth-order valence-corrected chi connectivity index (χ4v) is 6.27. The van der Waals surface area contributed by atoms with Crippen molar-refractivity contribution in [3.05, 3.63) is 46.9 Å². The summed E-state index contributed by atoms with van der Waals surface area (Å²) in [5.41, 5.74) is 0.274. The van der Waals surface area contributed by atoms with Crippen LogP contribution in [0, 0.1) is 5.92 Å². The van der Waals surface area contributed by atoms with Crippen LogP contribution in [-0.2, 0) is 22.8 Å². The molecule has 0 unspecified atom stereocenters. The molecule has 6 rings (SSSR count). The summed E-state index contributed by atoms with van der Waals surface area (Å²) in [7, 11) is 1.26. The Labute approximate surface area is 229 Å². The minimum absolute atomic E-state index is 0.0606. The Bertz CT molecular complexity index is 1410. The van der Waals surface area contributed by atoms with Gasteiger partial charge >= 0.3 is 6.18 Å². The Balaban J connectivity index is 1.15. The van der Waals surface area contributed by atoms with E-state index in [1.165, 1.54) is 13.2 Å². The second kappa shape index (κ2) is 9.64. The highest BCUT2D eigenvalue weighted by molar-refractivity contribution is 6.34. The van der Waals surface area contributed by atoms with Crippen LogP contribution in [0.5, 0.6) is 0 Å². The van der Waals surface area contributed by atoms with E-state index in [4.69, 9.17) is 16.3 Å². The first kappa shape index (κ1) is 26.3. The maximum absolute atomic E-state index is 13.5. The van der Waals surface area contributed by atoms with Crippen LogP contribution in [0.1, 0.15) is 36.9 Å². The van der Waals surface area contributed by atoms with E-state index in [2.05, 4.69) is 32.1 Å². The summed E-state index contributed by atoms with van der Waals surface area (Å²) < 4.78 is 46.8. The summed E-state index contributed by atoms with van der Waals surface area (Å²) in [6.07, 6.45) is -0.295. The SMILES string of the molecule is Cn1ncc([C@@H]2C[C@H]2C(=O)Nc2cc3cc(N4CCN([C@@]5(C)CCOC5)CC4)c(Cl)cc3cn2)c1C(F)(F)F. The van der Waals surface area contributed by atoms with Crippen molar-refractivity contribution in [1.29, 1.82) is 0 Å². The van der Waals surface area contributed by atoms with Gasteiger partial charge in [-0.1, -0.05) is 11.6 Å². The molecular formula is C27H30ClF3N6O2. The Hall–Kier alpha value is -2.89. The highest BCUT2D eigenvalue weighted by Crippen LogP contribution is 2.51. The molecule has 12 heteroatoms. The third-order valence-electron chi connectivity index (χ3n) is 8.38. The fourth-order valence-electron chi connectivity index (χ4n) is 5.98. The van der Waals surface area contributed by atoms with Crippen molar-refractivity contribution in [3.8, 4) is 0 Å². The number of nitrogens with one attached hydrogen (secondary N) is 1. The summed E-state index contributed by atoms with van der Waals surface area (Å²) in [5.74, 6) is -1.07. The van der Waals surface area contributed by atoms with Crippen molar-refractivity contribution in [2.75, 3.05) is 49.6 Å². The number of piperazine rings is 1. The molecule has 3 atom stereocenters. The number of aromatic nitrogens is 3. The number of anilines is 2. The number of hydrogen-bond acceptors (Lipinski definition) is 6. The zero-order valence-corrected chi connectivity index (χ0v) is 22.5. The molecule has 0 radical (unpaired) electrons. The fraction of sp³-hybridized carbons (Fsp3) is 0.519. The van der Waals surface area contributed by atoms with Crippen molar-refractivity contribution >= 4 is 39.8 Å². The van der Waals surface area contributed by atoms with Gasteiger partial charge in [0.05, 0.1) is 23.5 Å². The summed E-state index contributed by atoms with van der Waals surface area (Å²) >= 11 is 6.66. The third kappa shape index (κ3) is 4.96. The average molecular weight is 563 g/mol. The minimum atomic E-state index is -4.53. The van der Waals surface area contributed by atoms with Gasteiger partial charge in [-0.25, -0.2) is 4.98 Å². The van der Waals surface area contributed by atoms with Gasteiger partial charge in [-0.3, -0.25) is 14.4 Å². The van der Waals surface area contributed by atoms with E-state index in [-0.39, 0.29) is 17.0 Å². The van der Waals surface area contributed by atoms with Gasteiger partial charge in [0.15, 0.2) is 0 Å². The zero-order chi connectivity index (χ0) is 27.5. The molecule has 1 N–H and O–H groups in total. The van der Waals surface area contributed by atoms with E-state index in [0.29, 0.717) is 17.3 Å². The molecule has 2 saturated heterocycles. The molecule has 1 amide bonds. The Morgan fingerprint density at radius 1 is 1.15 bits per heavy atom. The number of benzene rings is 1. The average Bonchev–Trinajstić information content (AvgIpc) is 3.40. The number of carbonyl (C=O) groups excluding carboxylic acids is 1. The van der Waals surface area contributed by atoms with Crippen LogP contribution in [0.4, 0.5) is 24.7 Å². The maximum atomic E-state index is 13.5. The van der Waals surface area contributed by atoms with Gasteiger partial charge in [0.1, 0.15) is 11.5 Å². The van der Waals surface area contributed by atoms with Crippen LogP contribution in [-0.4, -0.2) is 70.5 Å². The van der Waals surface area contributed by atoms with Gasteiger partial charge in [0, 0.05) is 68.4 Å². The van der Waals surface area contributed by atoms with E-state index in [0.717, 1.165) is 67.0 Å². The first-order valence-electron chi connectivity index (χ1n) is 13.1. The van der Waals surface area contributed by atoms with Gasteiger partial charge < -0.3 is 15.0 Å². The van der Waals surface area contributed by atoms with Crippen LogP contribution in [0.15, 0.2) is 30.6 Å². The predicted molar refractivity (Wildman–Crippen MR) is 142 cm³/mol. The molecule has 1 saturated carbocycles. The summed E-state index contributed by atoms with van der Waals surface area (Å²) in [5, 5.41) is 8.91. The maximum Gasteiger partial charge on any atom is 0.433 e. The quantitative estimate of drug-likeness (QED) is 0.487. The van der Waals surface area contributed by atoms with Gasteiger partial charge in [0.2, 0.25) is 5.91 Å². The van der Waals surface area contributed by atoms with Gasteiger partial charge in [-0.15, -0.1) is 0 Å². The van der Waals surface area contributed by atoms with E-state index >= 15 is 0 Å². The van der Waals surface area contributed by atoms with Crippen LogP contribution in [0.3, 0.4) is 0 Å². The molecule has 3 fully saturated rings. The van der Waals surface area contributed by atoms with Crippen molar-refractivity contribution in [2.24, 2.45) is 13.0 Å². The molecule has 0 spiro atoms. The number of hydrogen-bond donors (Lipinski definition) is 1.